The Balaban J connectivity index is 3.32. The molecule has 0 rings (SSSR count). The van der Waals surface area contributed by atoms with Crippen LogP contribution in [-0.4, -0.2) is 5.11 Å². The van der Waals surface area contributed by atoms with Crippen LogP contribution in [0.4, 0.5) is 0 Å². The molecule has 0 radical (unpaired) electrons. The molecule has 0 heterocycles. The normalized spacial score (nSPS) is 12.8. The molecule has 1 N–H and O–H groups in total. The predicted octanol–water partition coefficient (Wildman–Crippen LogP) is 5.09. The molecule has 0 atom stereocenters. The molecule has 16 heavy (non-hydrogen) atoms. The van der Waals surface area contributed by atoms with Gasteiger partial charge in [0, 0.05) is 0 Å². The van der Waals surface area contributed by atoms with Crippen molar-refractivity contribution in [2.45, 2.75) is 45.4 Å². The van der Waals surface area contributed by atoms with E-state index in [4.69, 9.17) is 5.11 Å². The number of rotatable bonds is 9. The summed E-state index contributed by atoms with van der Waals surface area (Å²) in [6.45, 7) is 2.23. The number of allylic oxidation sites excluding steroid dienone is 7. The van der Waals surface area contributed by atoms with Gasteiger partial charge in [-0.05, 0) is 31.8 Å². The fourth-order valence-corrected chi connectivity index (χ4v) is 1.28. The smallest absolute Gasteiger partial charge is 0.0791 e. The molecule has 0 amide bonds. The Morgan fingerprint density at radius 2 is 1.50 bits per heavy atom. The van der Waals surface area contributed by atoms with Gasteiger partial charge in [0.05, 0.1) is 6.26 Å². The van der Waals surface area contributed by atoms with Gasteiger partial charge >= 0.3 is 0 Å². The summed E-state index contributed by atoms with van der Waals surface area (Å²) in [6, 6.07) is 0. The lowest BCUT2D eigenvalue weighted by Crippen LogP contribution is -1.70. The molecule has 0 aromatic heterocycles. The zero-order chi connectivity index (χ0) is 11.9. The molecule has 0 aliphatic carbocycles. The van der Waals surface area contributed by atoms with E-state index >= 15 is 0 Å². The number of aliphatic hydroxyl groups is 1. The predicted molar refractivity (Wildman–Crippen MR) is 72.6 cm³/mol. The molecule has 0 aromatic carbocycles. The summed E-state index contributed by atoms with van der Waals surface area (Å²) < 4.78 is 0. The van der Waals surface area contributed by atoms with Crippen LogP contribution in [0.5, 0.6) is 0 Å². The monoisotopic (exact) mass is 220 g/mol. The van der Waals surface area contributed by atoms with Crippen LogP contribution in [-0.2, 0) is 0 Å². The number of unbranched alkanes of at least 4 members (excludes halogenated alkanes) is 3. The van der Waals surface area contributed by atoms with Crippen LogP contribution in [0.25, 0.3) is 0 Å². The van der Waals surface area contributed by atoms with E-state index in [1.165, 1.54) is 25.7 Å². The van der Waals surface area contributed by atoms with Crippen LogP contribution in [0, 0.1) is 0 Å². The largest absolute Gasteiger partial charge is 0.516 e. The fraction of sp³-hybridized carbons (Fsp3) is 0.467. The fourth-order valence-electron chi connectivity index (χ4n) is 1.28. The quantitative estimate of drug-likeness (QED) is 0.248. The first-order valence-corrected chi connectivity index (χ1v) is 6.17. The van der Waals surface area contributed by atoms with Crippen molar-refractivity contribution in [3.05, 3.63) is 48.8 Å². The molecule has 0 aliphatic rings. The van der Waals surface area contributed by atoms with E-state index in [0.717, 1.165) is 19.1 Å². The third kappa shape index (κ3) is 12.8. The second kappa shape index (κ2) is 13.8. The van der Waals surface area contributed by atoms with Crippen LogP contribution >= 0.6 is 0 Å². The average Bonchev–Trinajstić information content (AvgIpc) is 2.31. The van der Waals surface area contributed by atoms with Crippen molar-refractivity contribution < 1.29 is 5.11 Å². The topological polar surface area (TPSA) is 20.2 Å². The summed E-state index contributed by atoms with van der Waals surface area (Å²) in [7, 11) is 0. The lowest BCUT2D eigenvalue weighted by Gasteiger charge is -1.90. The van der Waals surface area contributed by atoms with Crippen molar-refractivity contribution in [2.24, 2.45) is 0 Å². The Morgan fingerprint density at radius 1 is 0.812 bits per heavy atom. The van der Waals surface area contributed by atoms with Gasteiger partial charge in [0.25, 0.3) is 0 Å². The summed E-state index contributed by atoms with van der Waals surface area (Å²) in [5.74, 6) is 0. The van der Waals surface area contributed by atoms with E-state index in [9.17, 15) is 0 Å². The molecule has 1 nitrogen and oxygen atoms in total. The maximum absolute atomic E-state index is 8.37. The minimum absolute atomic E-state index is 0.925. The maximum atomic E-state index is 8.37. The van der Waals surface area contributed by atoms with Gasteiger partial charge in [0.2, 0.25) is 0 Å². The molecule has 0 unspecified atom stereocenters. The molecule has 0 bridgehead atoms. The van der Waals surface area contributed by atoms with Gasteiger partial charge < -0.3 is 5.11 Å². The first-order chi connectivity index (χ1) is 7.91. The Morgan fingerprint density at radius 3 is 2.19 bits per heavy atom. The van der Waals surface area contributed by atoms with Crippen LogP contribution in [0.2, 0.25) is 0 Å². The highest BCUT2D eigenvalue weighted by Crippen LogP contribution is 2.00. The van der Waals surface area contributed by atoms with Gasteiger partial charge in [-0.3, -0.25) is 0 Å². The average molecular weight is 220 g/mol. The van der Waals surface area contributed by atoms with E-state index in [1.54, 1.807) is 6.08 Å². The van der Waals surface area contributed by atoms with Crippen molar-refractivity contribution >= 4 is 0 Å². The van der Waals surface area contributed by atoms with E-state index in [1.807, 2.05) is 12.2 Å². The zero-order valence-electron chi connectivity index (χ0n) is 10.3. The summed E-state index contributed by atoms with van der Waals surface area (Å²) in [5, 5.41) is 8.37. The second-order valence-electron chi connectivity index (χ2n) is 3.68. The molecule has 0 saturated heterocycles. The molecule has 0 aromatic rings. The van der Waals surface area contributed by atoms with Crippen LogP contribution in [0.3, 0.4) is 0 Å². The van der Waals surface area contributed by atoms with Crippen molar-refractivity contribution in [1.29, 1.82) is 0 Å². The van der Waals surface area contributed by atoms with Gasteiger partial charge in [0.15, 0.2) is 0 Å². The third-order valence-corrected chi connectivity index (χ3v) is 2.19. The van der Waals surface area contributed by atoms with Gasteiger partial charge in [-0.2, -0.15) is 0 Å². The van der Waals surface area contributed by atoms with Crippen molar-refractivity contribution in [2.75, 3.05) is 0 Å². The van der Waals surface area contributed by atoms with E-state index in [2.05, 4.69) is 31.2 Å². The highest BCUT2D eigenvalue weighted by molar-refractivity contribution is 5.03. The van der Waals surface area contributed by atoms with Crippen LogP contribution < -0.4 is 0 Å². The van der Waals surface area contributed by atoms with E-state index < -0.39 is 0 Å². The lowest BCUT2D eigenvalue weighted by molar-refractivity contribution is 0.473. The van der Waals surface area contributed by atoms with Gasteiger partial charge in [-0.25, -0.2) is 0 Å². The van der Waals surface area contributed by atoms with Gasteiger partial charge in [0.1, 0.15) is 0 Å². The molecular weight excluding hydrogens is 196 g/mol. The SMILES string of the molecule is CCCCCC=CCC=CCC=CC=CO. The van der Waals surface area contributed by atoms with E-state index in [-0.39, 0.29) is 0 Å². The molecule has 0 aliphatic heterocycles. The second-order valence-corrected chi connectivity index (χ2v) is 3.68. The lowest BCUT2D eigenvalue weighted by atomic mass is 10.2. The molecule has 1 heteroatoms. The van der Waals surface area contributed by atoms with E-state index in [0.29, 0.717) is 0 Å². The molecule has 90 valence electrons. The highest BCUT2D eigenvalue weighted by Gasteiger charge is 1.80. The number of hydrogen-bond donors (Lipinski definition) is 1. The third-order valence-electron chi connectivity index (χ3n) is 2.19. The Kier molecular flexibility index (Phi) is 12.7. The number of aliphatic hydroxyl groups excluding tert-OH is 1. The first kappa shape index (κ1) is 14.8. The molecular formula is C15H24O. The minimum atomic E-state index is 0.925. The molecule has 0 saturated carbocycles. The van der Waals surface area contributed by atoms with Gasteiger partial charge in [-0.15, -0.1) is 0 Å². The van der Waals surface area contributed by atoms with Crippen LogP contribution in [0.1, 0.15) is 45.4 Å². The van der Waals surface area contributed by atoms with Gasteiger partial charge in [-0.1, -0.05) is 56.2 Å². The highest BCUT2D eigenvalue weighted by atomic mass is 16.2. The summed E-state index contributed by atoms with van der Waals surface area (Å²) >= 11 is 0. The first-order valence-electron chi connectivity index (χ1n) is 6.17. The van der Waals surface area contributed by atoms with Crippen molar-refractivity contribution in [3.8, 4) is 0 Å². The number of hydrogen-bond acceptors (Lipinski definition) is 1. The minimum Gasteiger partial charge on any atom is -0.516 e. The summed E-state index contributed by atoms with van der Waals surface area (Å²) in [4.78, 5) is 0. The summed E-state index contributed by atoms with van der Waals surface area (Å²) in [6.07, 6.45) is 22.4. The molecule has 0 spiro atoms. The van der Waals surface area contributed by atoms with Crippen molar-refractivity contribution in [3.63, 3.8) is 0 Å². The Labute approximate surface area is 99.9 Å². The summed E-state index contributed by atoms with van der Waals surface area (Å²) in [5.41, 5.74) is 0. The Bertz CT molecular complexity index is 234. The van der Waals surface area contributed by atoms with Crippen molar-refractivity contribution in [1.82, 2.24) is 0 Å². The zero-order valence-corrected chi connectivity index (χ0v) is 10.3. The molecule has 0 fully saturated rings. The van der Waals surface area contributed by atoms with Crippen LogP contribution in [0.15, 0.2) is 48.8 Å². The maximum Gasteiger partial charge on any atom is 0.0791 e. The standard InChI is InChI=1S/C15H24O/c1-2-3-4-5-6-7-8-9-10-11-12-13-14-15-16/h6-7,9-10,12-16H,2-5,8,11H2,1H3. The Hall–Kier alpha value is -1.24.